The van der Waals surface area contributed by atoms with Gasteiger partial charge in [0.2, 0.25) is 5.91 Å². The van der Waals surface area contributed by atoms with Gasteiger partial charge < -0.3 is 15.8 Å². The molecule has 0 aromatic rings. The van der Waals surface area contributed by atoms with Gasteiger partial charge in [0.1, 0.15) is 0 Å². The van der Waals surface area contributed by atoms with Gasteiger partial charge in [-0.25, -0.2) is 0 Å². The minimum Gasteiger partial charge on any atom is -0.378 e. The van der Waals surface area contributed by atoms with Gasteiger partial charge in [0.25, 0.3) is 0 Å². The SMILES string of the molecule is COC(C)(C)CC(=O)NCC(N)C1CC1. The molecule has 4 heteroatoms. The van der Waals surface area contributed by atoms with Crippen LogP contribution in [0.25, 0.3) is 0 Å². The molecule has 3 N–H and O–H groups in total. The van der Waals surface area contributed by atoms with Crippen LogP contribution in [0.1, 0.15) is 33.1 Å². The monoisotopic (exact) mass is 214 g/mol. The molecule has 0 heterocycles. The summed E-state index contributed by atoms with van der Waals surface area (Å²) in [7, 11) is 1.61. The molecule has 0 aromatic carbocycles. The van der Waals surface area contributed by atoms with Crippen molar-refractivity contribution in [2.75, 3.05) is 13.7 Å². The summed E-state index contributed by atoms with van der Waals surface area (Å²) in [5.41, 5.74) is 5.48. The number of carbonyl (C=O) groups excluding carboxylic acids is 1. The van der Waals surface area contributed by atoms with Crippen LogP contribution in [0.2, 0.25) is 0 Å². The third-order valence-corrected chi connectivity index (χ3v) is 2.90. The number of nitrogens with two attached hydrogens (primary N) is 1. The second-order valence-corrected chi connectivity index (χ2v) is 4.95. The van der Waals surface area contributed by atoms with Crippen LogP contribution in [-0.2, 0) is 9.53 Å². The van der Waals surface area contributed by atoms with E-state index < -0.39 is 5.60 Å². The van der Waals surface area contributed by atoms with Crippen molar-refractivity contribution < 1.29 is 9.53 Å². The highest BCUT2D eigenvalue weighted by molar-refractivity contribution is 5.76. The normalized spacial score (nSPS) is 18.7. The molecule has 1 unspecified atom stereocenters. The highest BCUT2D eigenvalue weighted by Crippen LogP contribution is 2.31. The van der Waals surface area contributed by atoms with Gasteiger partial charge in [-0.15, -0.1) is 0 Å². The Hall–Kier alpha value is -0.610. The lowest BCUT2D eigenvalue weighted by Gasteiger charge is -2.22. The number of hydrogen-bond donors (Lipinski definition) is 2. The van der Waals surface area contributed by atoms with Crippen LogP contribution in [-0.4, -0.2) is 31.2 Å². The smallest absolute Gasteiger partial charge is 0.222 e. The van der Waals surface area contributed by atoms with Crippen LogP contribution in [0.3, 0.4) is 0 Å². The second-order valence-electron chi connectivity index (χ2n) is 4.95. The summed E-state index contributed by atoms with van der Waals surface area (Å²) in [6.07, 6.45) is 2.79. The number of carbonyl (C=O) groups is 1. The molecule has 0 bridgehead atoms. The van der Waals surface area contributed by atoms with E-state index in [2.05, 4.69) is 5.32 Å². The molecule has 1 aliphatic rings. The van der Waals surface area contributed by atoms with E-state index in [4.69, 9.17) is 10.5 Å². The Morgan fingerprint density at radius 3 is 2.67 bits per heavy atom. The molecule has 0 radical (unpaired) electrons. The minimum absolute atomic E-state index is 0.0120. The van der Waals surface area contributed by atoms with E-state index in [-0.39, 0.29) is 11.9 Å². The summed E-state index contributed by atoms with van der Waals surface area (Å²) in [6.45, 7) is 4.38. The molecule has 1 atom stereocenters. The average molecular weight is 214 g/mol. The summed E-state index contributed by atoms with van der Waals surface area (Å²) < 4.78 is 5.18. The third-order valence-electron chi connectivity index (χ3n) is 2.90. The van der Waals surface area contributed by atoms with Crippen molar-refractivity contribution in [1.82, 2.24) is 5.32 Å². The van der Waals surface area contributed by atoms with E-state index in [1.807, 2.05) is 13.8 Å². The number of hydrogen-bond acceptors (Lipinski definition) is 3. The van der Waals surface area contributed by atoms with Gasteiger partial charge >= 0.3 is 0 Å². The molecule has 1 rings (SSSR count). The predicted molar refractivity (Wildman–Crippen MR) is 59.4 cm³/mol. The molecule has 0 aromatic heterocycles. The van der Waals surface area contributed by atoms with Crippen molar-refractivity contribution in [3.63, 3.8) is 0 Å². The van der Waals surface area contributed by atoms with Crippen LogP contribution >= 0.6 is 0 Å². The Morgan fingerprint density at radius 2 is 2.20 bits per heavy atom. The van der Waals surface area contributed by atoms with E-state index in [1.54, 1.807) is 7.11 Å². The van der Waals surface area contributed by atoms with Gasteiger partial charge in [-0.3, -0.25) is 4.79 Å². The Balaban J connectivity index is 2.17. The van der Waals surface area contributed by atoms with Gasteiger partial charge in [0.05, 0.1) is 12.0 Å². The molecule has 0 saturated heterocycles. The minimum atomic E-state index is -0.395. The number of ether oxygens (including phenoxy) is 1. The van der Waals surface area contributed by atoms with Gasteiger partial charge in [0.15, 0.2) is 0 Å². The van der Waals surface area contributed by atoms with E-state index in [0.29, 0.717) is 18.9 Å². The summed E-state index contributed by atoms with van der Waals surface area (Å²) in [4.78, 5) is 11.5. The second kappa shape index (κ2) is 4.94. The molecule has 88 valence electrons. The fourth-order valence-electron chi connectivity index (χ4n) is 1.44. The zero-order chi connectivity index (χ0) is 11.5. The Labute approximate surface area is 91.5 Å². The van der Waals surface area contributed by atoms with Crippen molar-refractivity contribution >= 4 is 5.91 Å². The largest absolute Gasteiger partial charge is 0.378 e. The van der Waals surface area contributed by atoms with E-state index in [0.717, 1.165) is 0 Å². The summed E-state index contributed by atoms with van der Waals surface area (Å²) in [6, 6.07) is 0.125. The first-order chi connectivity index (χ1) is 6.94. The maximum absolute atomic E-state index is 11.5. The first kappa shape index (κ1) is 12.5. The quantitative estimate of drug-likeness (QED) is 0.682. The maximum atomic E-state index is 11.5. The van der Waals surface area contributed by atoms with Gasteiger partial charge in [-0.05, 0) is 32.6 Å². The molecule has 1 saturated carbocycles. The van der Waals surface area contributed by atoms with Crippen LogP contribution in [0.4, 0.5) is 0 Å². The summed E-state index contributed by atoms with van der Waals surface area (Å²) in [5.74, 6) is 0.638. The standard InChI is InChI=1S/C11H22N2O2/c1-11(2,15-3)6-10(14)13-7-9(12)8-4-5-8/h8-9H,4-7,12H2,1-3H3,(H,13,14). The third kappa shape index (κ3) is 4.62. The number of nitrogens with one attached hydrogen (secondary N) is 1. The van der Waals surface area contributed by atoms with E-state index in [1.165, 1.54) is 12.8 Å². The Kier molecular flexibility index (Phi) is 4.11. The fraction of sp³-hybridized carbons (Fsp3) is 0.909. The fourth-order valence-corrected chi connectivity index (χ4v) is 1.44. The maximum Gasteiger partial charge on any atom is 0.222 e. The number of amides is 1. The zero-order valence-electron chi connectivity index (χ0n) is 9.88. The molecule has 4 nitrogen and oxygen atoms in total. The van der Waals surface area contributed by atoms with Crippen molar-refractivity contribution in [3.05, 3.63) is 0 Å². The van der Waals surface area contributed by atoms with Crippen molar-refractivity contribution in [2.45, 2.75) is 44.8 Å². The predicted octanol–water partition coefficient (Wildman–Crippen LogP) is 0.655. The van der Waals surface area contributed by atoms with Crippen LogP contribution in [0.5, 0.6) is 0 Å². The van der Waals surface area contributed by atoms with Gasteiger partial charge in [-0.1, -0.05) is 0 Å². The molecule has 0 spiro atoms. The molecule has 0 aliphatic heterocycles. The molecule has 15 heavy (non-hydrogen) atoms. The number of methoxy groups -OCH3 is 1. The van der Waals surface area contributed by atoms with Gasteiger partial charge in [-0.2, -0.15) is 0 Å². The van der Waals surface area contributed by atoms with Crippen LogP contribution in [0, 0.1) is 5.92 Å². The van der Waals surface area contributed by atoms with Crippen molar-refractivity contribution in [3.8, 4) is 0 Å². The van der Waals surface area contributed by atoms with Crippen molar-refractivity contribution in [2.24, 2.45) is 11.7 Å². The Morgan fingerprint density at radius 1 is 1.60 bits per heavy atom. The van der Waals surface area contributed by atoms with Gasteiger partial charge in [0, 0.05) is 19.7 Å². The van der Waals surface area contributed by atoms with Crippen LogP contribution in [0.15, 0.2) is 0 Å². The summed E-state index contributed by atoms with van der Waals surface area (Å²) >= 11 is 0. The molecule has 1 amide bonds. The highest BCUT2D eigenvalue weighted by atomic mass is 16.5. The molecule has 1 fully saturated rings. The lowest BCUT2D eigenvalue weighted by Crippen LogP contribution is -2.41. The molecular formula is C11H22N2O2. The topological polar surface area (TPSA) is 64.3 Å². The summed E-state index contributed by atoms with van der Waals surface area (Å²) in [5, 5.41) is 2.85. The number of rotatable bonds is 6. The van der Waals surface area contributed by atoms with Crippen LogP contribution < -0.4 is 11.1 Å². The molecule has 1 aliphatic carbocycles. The lowest BCUT2D eigenvalue weighted by atomic mass is 10.0. The Bertz CT molecular complexity index is 225. The first-order valence-corrected chi connectivity index (χ1v) is 5.52. The molecular weight excluding hydrogens is 192 g/mol. The lowest BCUT2D eigenvalue weighted by molar-refractivity contribution is -0.126. The van der Waals surface area contributed by atoms with E-state index >= 15 is 0 Å². The first-order valence-electron chi connectivity index (χ1n) is 5.52. The highest BCUT2D eigenvalue weighted by Gasteiger charge is 2.29. The van der Waals surface area contributed by atoms with Crippen molar-refractivity contribution in [1.29, 1.82) is 0 Å². The van der Waals surface area contributed by atoms with E-state index in [9.17, 15) is 4.79 Å². The average Bonchev–Trinajstić information content (AvgIpc) is 2.96. The zero-order valence-corrected chi connectivity index (χ0v) is 9.88.